The van der Waals surface area contributed by atoms with Crippen LogP contribution in [-0.4, -0.2) is 189 Å². The van der Waals surface area contributed by atoms with Crippen molar-refractivity contribution in [2.24, 2.45) is 0 Å². The van der Waals surface area contributed by atoms with Crippen molar-refractivity contribution in [3.8, 4) is 17.6 Å². The number of piperidine rings is 3. The fraction of sp³-hybridized carbons (Fsp3) is 0.373. The van der Waals surface area contributed by atoms with Crippen LogP contribution in [0.25, 0.3) is 65.8 Å². The number of benzene rings is 3. The summed E-state index contributed by atoms with van der Waals surface area (Å²) >= 11 is 6.51. The second-order valence-electron chi connectivity index (χ2n) is 25.7. The minimum Gasteiger partial charge on any atom is -0.474 e. The molecule has 0 saturated carbocycles. The van der Waals surface area contributed by atoms with Crippen molar-refractivity contribution in [2.45, 2.75) is 103 Å². The van der Waals surface area contributed by atoms with Crippen LogP contribution in [0.4, 0.5) is 30.6 Å². The molecule has 12 aromatic rings. The number of fused-ring (bicyclic) bond motifs is 6. The normalized spacial score (nSPS) is 16.6. The molecule has 9 aromatic heterocycles. The predicted molar refractivity (Wildman–Crippen MR) is 386 cm³/mol. The first kappa shape index (κ1) is 72.5. The van der Waals surface area contributed by atoms with Crippen LogP contribution in [-0.2, 0) is 30.1 Å². The molecule has 104 heavy (non-hydrogen) atoms. The van der Waals surface area contributed by atoms with Crippen molar-refractivity contribution in [2.75, 3.05) is 74.0 Å². The van der Waals surface area contributed by atoms with Crippen LogP contribution in [0.3, 0.4) is 0 Å². The minimum absolute atomic E-state index is 0.137. The predicted octanol–water partition coefficient (Wildman–Crippen LogP) is 10.0. The van der Waals surface area contributed by atoms with Crippen LogP contribution in [0.1, 0.15) is 100 Å². The van der Waals surface area contributed by atoms with Crippen LogP contribution in [0.15, 0.2) is 97.8 Å². The van der Waals surface area contributed by atoms with E-state index >= 15 is 0 Å². The summed E-state index contributed by atoms with van der Waals surface area (Å²) in [6.45, 7) is 10.2. The first-order chi connectivity index (χ1) is 49.6. The van der Waals surface area contributed by atoms with Crippen molar-refractivity contribution in [3.63, 3.8) is 0 Å². The minimum atomic E-state index is -3.23. The zero-order valence-corrected chi connectivity index (χ0v) is 60.5. The summed E-state index contributed by atoms with van der Waals surface area (Å²) in [5.74, 6) is 2.63. The first-order valence-electron chi connectivity index (χ1n) is 33.3. The Kier molecular flexibility index (Phi) is 21.0. The van der Waals surface area contributed by atoms with E-state index in [1.807, 2.05) is 100 Å². The molecule has 3 aromatic carbocycles. The fourth-order valence-corrected chi connectivity index (χ4v) is 15.6. The van der Waals surface area contributed by atoms with E-state index < -0.39 is 48.3 Å². The summed E-state index contributed by atoms with van der Waals surface area (Å²) in [6.07, 6.45) is 8.39. The molecule has 3 atom stereocenters. The molecule has 0 radical (unpaired) electrons. The van der Waals surface area contributed by atoms with Gasteiger partial charge in [-0.15, -0.1) is 0 Å². The Labute approximate surface area is 600 Å². The number of imidazole rings is 3. The van der Waals surface area contributed by atoms with Gasteiger partial charge < -0.3 is 45.1 Å². The third-order valence-electron chi connectivity index (χ3n) is 18.2. The average Bonchev–Trinajstić information content (AvgIpc) is 1.00. The Hall–Kier alpha value is -9.85. The number of H-pyrrole nitrogens is 3. The fourth-order valence-electron chi connectivity index (χ4n) is 12.7. The van der Waals surface area contributed by atoms with Gasteiger partial charge >= 0.3 is 0 Å². The van der Waals surface area contributed by atoms with Crippen molar-refractivity contribution in [1.29, 1.82) is 0 Å². The number of aryl methyl sites for hydroxylation is 1. The highest BCUT2D eigenvalue weighted by Crippen LogP contribution is 2.38. The molecule has 6 N–H and O–H groups in total. The molecule has 546 valence electrons. The molecule has 0 spiro atoms. The quantitative estimate of drug-likeness (QED) is 0.0435. The molecule has 12 heterocycles. The molecule has 37 heteroatoms. The maximum atomic E-state index is 13.6. The Morgan fingerprint density at radius 3 is 1.19 bits per heavy atom. The number of anilines is 3. The number of ether oxygens (including phenoxy) is 3. The zero-order chi connectivity index (χ0) is 73.4. The highest BCUT2D eigenvalue weighted by Gasteiger charge is 2.31. The lowest BCUT2D eigenvalue weighted by Crippen LogP contribution is -2.41. The van der Waals surface area contributed by atoms with Crippen LogP contribution in [0.5, 0.6) is 17.6 Å². The Bertz CT molecular complexity index is 5300. The summed E-state index contributed by atoms with van der Waals surface area (Å²) in [5, 5.41) is 15.5. The molecule has 0 unspecified atom stereocenters. The van der Waals surface area contributed by atoms with Crippen LogP contribution in [0, 0.1) is 25.2 Å². The van der Waals surface area contributed by atoms with Gasteiger partial charge in [0.05, 0.1) is 64.4 Å². The first-order valence-corrected chi connectivity index (χ1v) is 39.2. The van der Waals surface area contributed by atoms with Gasteiger partial charge in [0.15, 0.2) is 34.4 Å². The molecule has 3 aliphatic heterocycles. The largest absolute Gasteiger partial charge is 0.474 e. The number of sulfonamides is 3. The molecule has 3 fully saturated rings. The smallest absolute Gasteiger partial charge is 0.289 e. The van der Waals surface area contributed by atoms with Gasteiger partial charge in [0, 0.05) is 50.0 Å². The number of pyridine rings is 3. The van der Waals surface area contributed by atoms with E-state index in [1.54, 1.807) is 6.07 Å². The number of hydrogen-bond acceptors (Lipinski definition) is 24. The summed E-state index contributed by atoms with van der Waals surface area (Å²) in [5.41, 5.74) is 4.93. The van der Waals surface area contributed by atoms with Crippen molar-refractivity contribution in [1.82, 2.24) is 87.7 Å². The lowest BCUT2D eigenvalue weighted by molar-refractivity contribution is 0.131. The monoisotopic (exact) mass is 1500 g/mol. The van der Waals surface area contributed by atoms with Gasteiger partial charge in [0.1, 0.15) is 53.8 Å². The second-order valence-corrected chi connectivity index (χ2v) is 32.0. The number of rotatable bonds is 18. The van der Waals surface area contributed by atoms with Crippen molar-refractivity contribution < 1.29 is 52.6 Å². The third-order valence-corrected chi connectivity index (χ3v) is 22.4. The summed E-state index contributed by atoms with van der Waals surface area (Å²) in [4.78, 5) is 57.7. The van der Waals surface area contributed by atoms with Crippen LogP contribution < -0.4 is 30.2 Å². The van der Waals surface area contributed by atoms with E-state index in [0.717, 1.165) is 38.2 Å². The van der Waals surface area contributed by atoms with Crippen LogP contribution in [0.2, 0.25) is 5.02 Å². The molecular formula is C67H73ClF3N21O9S3. The summed E-state index contributed by atoms with van der Waals surface area (Å²) in [6, 6.07) is 24.3. The third kappa shape index (κ3) is 16.5. The molecular weight excluding hydrogens is 1430 g/mol. The average molecular weight is 1510 g/mol. The maximum absolute atomic E-state index is 13.6. The van der Waals surface area contributed by atoms with E-state index in [4.69, 9.17) is 40.8 Å². The maximum Gasteiger partial charge on any atom is 0.289 e. The molecule has 0 amide bonds. The van der Waals surface area contributed by atoms with E-state index in [0.29, 0.717) is 151 Å². The van der Waals surface area contributed by atoms with Gasteiger partial charge in [-0.05, 0) is 118 Å². The molecule has 3 aliphatic rings. The summed E-state index contributed by atoms with van der Waals surface area (Å²) in [7, 11) is -9.65. The van der Waals surface area contributed by atoms with Gasteiger partial charge in [0.25, 0.3) is 18.2 Å². The number of nitrogens with zero attached hydrogens (tertiary/aromatic N) is 15. The lowest BCUT2D eigenvalue weighted by atomic mass is 10.0. The van der Waals surface area contributed by atoms with E-state index in [2.05, 4.69) is 75.8 Å². The molecule has 30 nitrogen and oxygen atoms in total. The van der Waals surface area contributed by atoms with Gasteiger partial charge in [-0.25, -0.2) is 83.0 Å². The number of nitrogens with one attached hydrogen (secondary N) is 6. The highest BCUT2D eigenvalue weighted by molar-refractivity contribution is 7.88. The molecule has 3 saturated heterocycles. The van der Waals surface area contributed by atoms with Crippen LogP contribution >= 0.6 is 11.6 Å². The number of aromatic amines is 3. The molecule has 0 bridgehead atoms. The van der Waals surface area contributed by atoms with E-state index in [9.17, 15) is 38.4 Å². The van der Waals surface area contributed by atoms with E-state index in [1.165, 1.54) is 50.7 Å². The lowest BCUT2D eigenvalue weighted by Gasteiger charge is -2.30. The molecule has 15 rings (SSSR count). The number of halogens is 4. The zero-order valence-electron chi connectivity index (χ0n) is 57.3. The Morgan fingerprint density at radius 1 is 0.452 bits per heavy atom. The Morgan fingerprint density at radius 2 is 0.788 bits per heavy atom. The van der Waals surface area contributed by atoms with E-state index in [-0.39, 0.29) is 53.4 Å². The highest BCUT2D eigenvalue weighted by atomic mass is 35.5. The van der Waals surface area contributed by atoms with Gasteiger partial charge in [-0.2, -0.15) is 28.1 Å². The standard InChI is InChI=1S/C23H26FN7O3S.C22H23ClFN7O3S.C22H24FN7O3S/c1-13-5-4-6-15-11-17(14(2)27-20-19-21(26-12-25-20)30-23(24)29-19)28-22(18(13)15)34-16-7-9-31(10-8-16)35(3,32)33;1-12(27-19-18-20(26-11-25-19)30-22(24)29-18)16-10-13-4-3-5-15(23)17(13)21(28-16)34-14-6-8-31(9-7-14)35(2,32)33;1-13(26-19-18-20(25-12-24-19)29-22(23)28-18)17-11-14-5-3-4-6-16(14)21(27-17)33-15-7-9-30(10-8-15)34(2,31)32/h4-6,11-12,14,16H,7-10H2,1-3H3,(H2,25,26,27,29,30);3-5,10-12,14H,6-9H2,1-2H3,(H2,25,26,27,29,30);3-6,11-13,15H,7-10H2,1-2H3,(H2,24,25,26,28,29)/t14-;12-;13-/m000/s1. The SMILES string of the molecule is C[C@H](Nc1ncnc2nc(F)[nH]c12)c1cc2cccc(Cl)c2c(OC2CCN(S(C)(=O)=O)CC2)n1.C[C@H](Nc1ncnc2nc(F)[nH]c12)c1cc2ccccc2c(OC2CCN(S(C)(=O)=O)CC2)n1.Cc1cccc2cc([C@H](C)Nc3ncnc4nc(F)[nH]c34)nc(OC3CCN(S(C)(=O)=O)CC3)c12. The Balaban J connectivity index is 0.000000139. The number of hydrogen-bond donors (Lipinski definition) is 6. The van der Waals surface area contributed by atoms with Gasteiger partial charge in [0.2, 0.25) is 47.7 Å². The van der Waals surface area contributed by atoms with Gasteiger partial charge in [-0.1, -0.05) is 60.1 Å². The van der Waals surface area contributed by atoms with Crippen molar-refractivity contribution >= 4 is 125 Å². The van der Waals surface area contributed by atoms with Crippen molar-refractivity contribution in [3.05, 3.63) is 144 Å². The number of aromatic nitrogens is 15. The van der Waals surface area contributed by atoms with Gasteiger partial charge in [-0.3, -0.25) is 0 Å². The summed E-state index contributed by atoms with van der Waals surface area (Å²) < 4.78 is 135. The topological polar surface area (TPSA) is 378 Å². The second kappa shape index (κ2) is 30.1. The molecule has 0 aliphatic carbocycles.